The summed E-state index contributed by atoms with van der Waals surface area (Å²) in [7, 11) is 4.48. The van der Waals surface area contributed by atoms with Crippen molar-refractivity contribution in [3.05, 3.63) is 16.9 Å². The van der Waals surface area contributed by atoms with Crippen LogP contribution in [0.5, 0.6) is 0 Å². The Morgan fingerprint density at radius 3 is 2.59 bits per heavy atom. The van der Waals surface area contributed by atoms with Crippen molar-refractivity contribution >= 4 is 11.6 Å². The molecule has 0 radical (unpaired) electrons. The zero-order valence-electron chi connectivity index (χ0n) is 10.1. The first-order valence-corrected chi connectivity index (χ1v) is 5.47. The van der Waals surface area contributed by atoms with Gasteiger partial charge in [0.05, 0.1) is 30.1 Å². The van der Waals surface area contributed by atoms with Crippen molar-refractivity contribution < 1.29 is 19.3 Å². The van der Waals surface area contributed by atoms with Crippen LogP contribution < -0.4 is 0 Å². The average molecular weight is 265 g/mol. The fraction of sp³-hybridized carbons (Fsp3) is 0.700. The lowest BCUT2D eigenvalue weighted by Crippen LogP contribution is -2.26. The van der Waals surface area contributed by atoms with Crippen molar-refractivity contribution in [1.82, 2.24) is 9.78 Å². The molecule has 1 N–H and O–H groups in total. The molecule has 0 aliphatic heterocycles. The molecule has 0 saturated heterocycles. The Labute approximate surface area is 105 Å². The first kappa shape index (κ1) is 14.4. The van der Waals surface area contributed by atoms with Gasteiger partial charge in [-0.15, -0.1) is 0 Å². The molecule has 0 bridgehead atoms. The van der Waals surface area contributed by atoms with E-state index in [1.165, 1.54) is 20.4 Å². The van der Waals surface area contributed by atoms with Gasteiger partial charge in [-0.2, -0.15) is 5.10 Å². The quantitative estimate of drug-likeness (QED) is 0.739. The highest BCUT2D eigenvalue weighted by atomic mass is 35.5. The van der Waals surface area contributed by atoms with Crippen LogP contribution in [0.2, 0.25) is 5.02 Å². The van der Waals surface area contributed by atoms with E-state index in [9.17, 15) is 5.11 Å². The molecule has 0 amide bonds. The lowest BCUT2D eigenvalue weighted by Gasteiger charge is -2.21. The number of halogens is 1. The summed E-state index contributed by atoms with van der Waals surface area (Å²) in [5.74, 6) is 0. The van der Waals surface area contributed by atoms with Gasteiger partial charge >= 0.3 is 0 Å². The molecule has 17 heavy (non-hydrogen) atoms. The molecule has 1 unspecified atom stereocenters. The van der Waals surface area contributed by atoms with Crippen molar-refractivity contribution in [2.75, 3.05) is 27.9 Å². The summed E-state index contributed by atoms with van der Waals surface area (Å²) in [4.78, 5) is 0. The number of aliphatic hydroxyl groups excluding tert-OH is 1. The normalized spacial score (nSPS) is 13.3. The van der Waals surface area contributed by atoms with Crippen LogP contribution in [0.1, 0.15) is 11.8 Å². The highest BCUT2D eigenvalue weighted by Gasteiger charge is 2.26. The SMILES string of the molecule is COCCn1ncc(Cl)c1C(O)C(OC)OC. The second-order valence-corrected chi connectivity index (χ2v) is 3.79. The van der Waals surface area contributed by atoms with Crippen LogP contribution in [0.4, 0.5) is 0 Å². The predicted molar refractivity (Wildman–Crippen MR) is 61.9 cm³/mol. The average Bonchev–Trinajstić information content (AvgIpc) is 2.69. The molecule has 1 aromatic heterocycles. The third kappa shape index (κ3) is 3.40. The first-order valence-electron chi connectivity index (χ1n) is 5.09. The van der Waals surface area contributed by atoms with E-state index in [2.05, 4.69) is 5.10 Å². The highest BCUT2D eigenvalue weighted by molar-refractivity contribution is 6.31. The Hall–Kier alpha value is -0.660. The minimum atomic E-state index is -1.00. The molecule has 0 saturated carbocycles. The number of aromatic nitrogens is 2. The Morgan fingerprint density at radius 2 is 2.06 bits per heavy atom. The number of aliphatic hydroxyl groups is 1. The molecule has 1 heterocycles. The number of rotatable bonds is 7. The monoisotopic (exact) mass is 264 g/mol. The van der Waals surface area contributed by atoms with E-state index in [1.54, 1.807) is 11.8 Å². The fourth-order valence-corrected chi connectivity index (χ4v) is 1.76. The summed E-state index contributed by atoms with van der Waals surface area (Å²) in [5.41, 5.74) is 0.456. The van der Waals surface area contributed by atoms with Gasteiger partial charge < -0.3 is 19.3 Å². The third-order valence-corrected chi connectivity index (χ3v) is 2.63. The van der Waals surface area contributed by atoms with Gasteiger partial charge in [-0.3, -0.25) is 4.68 Å². The first-order chi connectivity index (χ1) is 8.15. The molecule has 1 rings (SSSR count). The van der Waals surface area contributed by atoms with Crippen molar-refractivity contribution in [2.45, 2.75) is 18.9 Å². The minimum absolute atomic E-state index is 0.368. The number of nitrogens with zero attached hydrogens (tertiary/aromatic N) is 2. The zero-order valence-corrected chi connectivity index (χ0v) is 10.8. The minimum Gasteiger partial charge on any atom is -0.383 e. The zero-order chi connectivity index (χ0) is 12.8. The predicted octanol–water partition coefficient (Wildman–Crippen LogP) is 0.835. The van der Waals surface area contributed by atoms with Crippen LogP contribution >= 0.6 is 11.6 Å². The topological polar surface area (TPSA) is 65.7 Å². The number of hydrogen-bond acceptors (Lipinski definition) is 5. The van der Waals surface area contributed by atoms with Gasteiger partial charge in [-0.1, -0.05) is 11.6 Å². The summed E-state index contributed by atoms with van der Waals surface area (Å²) in [6.07, 6.45) is -0.319. The van der Waals surface area contributed by atoms with Gasteiger partial charge in [0.2, 0.25) is 0 Å². The van der Waals surface area contributed by atoms with Gasteiger partial charge in [-0.05, 0) is 0 Å². The third-order valence-electron chi connectivity index (χ3n) is 2.34. The molecular formula is C10H17ClN2O4. The smallest absolute Gasteiger partial charge is 0.188 e. The Morgan fingerprint density at radius 1 is 1.41 bits per heavy atom. The van der Waals surface area contributed by atoms with Crippen LogP contribution in [-0.4, -0.2) is 49.1 Å². The Kier molecular flexibility index (Phi) is 5.87. The molecule has 98 valence electrons. The van der Waals surface area contributed by atoms with E-state index in [1.807, 2.05) is 0 Å². The largest absolute Gasteiger partial charge is 0.383 e. The van der Waals surface area contributed by atoms with E-state index in [0.717, 1.165) is 0 Å². The van der Waals surface area contributed by atoms with Crippen molar-refractivity contribution in [3.8, 4) is 0 Å². The summed E-state index contributed by atoms with van der Waals surface area (Å²) in [5, 5.41) is 14.5. The molecule has 7 heteroatoms. The number of methoxy groups -OCH3 is 3. The summed E-state index contributed by atoms with van der Waals surface area (Å²) < 4.78 is 16.5. The lowest BCUT2D eigenvalue weighted by atomic mass is 10.2. The maximum absolute atomic E-state index is 10.1. The van der Waals surface area contributed by atoms with Crippen LogP contribution in [0.15, 0.2) is 6.20 Å². The van der Waals surface area contributed by atoms with Gasteiger partial charge in [0.25, 0.3) is 0 Å². The number of hydrogen-bond donors (Lipinski definition) is 1. The van der Waals surface area contributed by atoms with Crippen molar-refractivity contribution in [2.24, 2.45) is 0 Å². The molecular weight excluding hydrogens is 248 g/mol. The molecule has 0 aliphatic rings. The standard InChI is InChI=1S/C10H17ClN2O4/c1-15-5-4-13-8(7(11)6-12-13)9(14)10(16-2)17-3/h6,9-10,14H,4-5H2,1-3H3. The van der Waals surface area contributed by atoms with E-state index in [4.69, 9.17) is 25.8 Å². The van der Waals surface area contributed by atoms with Crippen LogP contribution in [-0.2, 0) is 20.8 Å². The summed E-state index contributed by atoms with van der Waals surface area (Å²) in [6.45, 7) is 0.970. The number of ether oxygens (including phenoxy) is 3. The molecule has 0 fully saturated rings. The second-order valence-electron chi connectivity index (χ2n) is 3.38. The van der Waals surface area contributed by atoms with Crippen molar-refractivity contribution in [1.29, 1.82) is 0 Å². The van der Waals surface area contributed by atoms with E-state index in [-0.39, 0.29) is 0 Å². The van der Waals surface area contributed by atoms with E-state index in [0.29, 0.717) is 23.9 Å². The molecule has 1 atom stereocenters. The Balaban J connectivity index is 2.90. The van der Waals surface area contributed by atoms with Gasteiger partial charge in [-0.25, -0.2) is 0 Å². The van der Waals surface area contributed by atoms with Crippen LogP contribution in [0.25, 0.3) is 0 Å². The molecule has 0 aromatic carbocycles. The second kappa shape index (κ2) is 6.93. The molecule has 1 aromatic rings. The highest BCUT2D eigenvalue weighted by Crippen LogP contribution is 2.26. The summed E-state index contributed by atoms with van der Waals surface area (Å²) in [6, 6.07) is 0. The summed E-state index contributed by atoms with van der Waals surface area (Å²) >= 11 is 5.98. The van der Waals surface area contributed by atoms with E-state index < -0.39 is 12.4 Å². The van der Waals surface area contributed by atoms with Gasteiger partial charge in [0, 0.05) is 21.3 Å². The molecule has 6 nitrogen and oxygen atoms in total. The maximum atomic E-state index is 10.1. The van der Waals surface area contributed by atoms with Gasteiger partial charge in [0.1, 0.15) is 6.10 Å². The Bertz CT molecular complexity index is 341. The fourth-order valence-electron chi connectivity index (χ4n) is 1.50. The van der Waals surface area contributed by atoms with Crippen LogP contribution in [0, 0.1) is 0 Å². The lowest BCUT2D eigenvalue weighted by molar-refractivity contribution is -0.168. The molecule has 0 spiro atoms. The van der Waals surface area contributed by atoms with E-state index >= 15 is 0 Å². The van der Waals surface area contributed by atoms with Gasteiger partial charge in [0.15, 0.2) is 6.29 Å². The van der Waals surface area contributed by atoms with Crippen LogP contribution in [0.3, 0.4) is 0 Å². The maximum Gasteiger partial charge on any atom is 0.188 e. The van der Waals surface area contributed by atoms with Crippen molar-refractivity contribution in [3.63, 3.8) is 0 Å². The molecule has 0 aliphatic carbocycles.